The van der Waals surface area contributed by atoms with E-state index in [2.05, 4.69) is 53.8 Å². The molecule has 0 radical (unpaired) electrons. The lowest BCUT2D eigenvalue weighted by Crippen LogP contribution is -2.38. The van der Waals surface area contributed by atoms with Crippen LogP contribution in [0.25, 0.3) is 22.2 Å². The van der Waals surface area contributed by atoms with Gasteiger partial charge in [-0.15, -0.1) is 0 Å². The van der Waals surface area contributed by atoms with Crippen LogP contribution in [0, 0.1) is 0 Å². The first-order valence-corrected chi connectivity index (χ1v) is 12.4. The van der Waals surface area contributed by atoms with Gasteiger partial charge in [-0.2, -0.15) is 10.1 Å². The lowest BCUT2D eigenvalue weighted by atomic mass is 10.0. The highest BCUT2D eigenvalue weighted by atomic mass is 16.3. The van der Waals surface area contributed by atoms with Crippen LogP contribution in [0.3, 0.4) is 0 Å². The van der Waals surface area contributed by atoms with Crippen molar-refractivity contribution in [2.45, 2.75) is 32.4 Å². The molecule has 5 aromatic rings. The van der Waals surface area contributed by atoms with Crippen molar-refractivity contribution in [2.75, 3.05) is 11.9 Å². The van der Waals surface area contributed by atoms with Gasteiger partial charge in [-0.05, 0) is 36.1 Å². The Hall–Kier alpha value is -4.23. The fourth-order valence-electron chi connectivity index (χ4n) is 4.38. The average Bonchev–Trinajstić information content (AvgIpc) is 3.24. The van der Waals surface area contributed by atoms with Crippen molar-refractivity contribution in [1.82, 2.24) is 19.3 Å². The van der Waals surface area contributed by atoms with E-state index < -0.39 is 5.54 Å². The van der Waals surface area contributed by atoms with Gasteiger partial charge in [0.15, 0.2) is 5.65 Å². The predicted octanol–water partition coefficient (Wildman–Crippen LogP) is 4.62. The highest BCUT2D eigenvalue weighted by molar-refractivity contribution is 5.78. The predicted molar refractivity (Wildman–Crippen MR) is 148 cm³/mol. The Morgan fingerprint density at radius 1 is 0.865 bits per heavy atom. The smallest absolute Gasteiger partial charge is 0.266 e. The van der Waals surface area contributed by atoms with Gasteiger partial charge in [0, 0.05) is 13.5 Å². The molecule has 0 spiro atoms. The number of nitrogens with zero attached hydrogens (tertiary/aromatic N) is 4. The Morgan fingerprint density at radius 2 is 1.49 bits per heavy atom. The zero-order valence-electron chi connectivity index (χ0n) is 21.3. The third-order valence-corrected chi connectivity index (χ3v) is 6.54. The van der Waals surface area contributed by atoms with Crippen LogP contribution in [0.4, 0.5) is 5.95 Å². The molecule has 37 heavy (non-hydrogen) atoms. The van der Waals surface area contributed by atoms with Crippen molar-refractivity contribution in [1.29, 1.82) is 0 Å². The van der Waals surface area contributed by atoms with Gasteiger partial charge in [0.2, 0.25) is 5.95 Å². The van der Waals surface area contributed by atoms with Crippen LogP contribution >= 0.6 is 0 Å². The summed E-state index contributed by atoms with van der Waals surface area (Å²) in [6.07, 6.45) is 0.561. The first-order chi connectivity index (χ1) is 17.8. The maximum Gasteiger partial charge on any atom is 0.266 e. The molecule has 2 N–H and O–H groups in total. The summed E-state index contributed by atoms with van der Waals surface area (Å²) in [5.74, 6) is 0.375. The normalized spacial score (nSPS) is 11.7. The fourth-order valence-corrected chi connectivity index (χ4v) is 4.38. The lowest BCUT2D eigenvalue weighted by Gasteiger charge is -2.25. The Balaban J connectivity index is 1.57. The summed E-state index contributed by atoms with van der Waals surface area (Å²) in [6, 6.07) is 28.8. The molecule has 3 aromatic carbocycles. The molecule has 2 aromatic heterocycles. The molecule has 7 nitrogen and oxygen atoms in total. The van der Waals surface area contributed by atoms with Gasteiger partial charge in [0.25, 0.3) is 5.56 Å². The molecule has 0 saturated carbocycles. The molecule has 188 valence electrons. The highest BCUT2D eigenvalue weighted by Crippen LogP contribution is 2.23. The summed E-state index contributed by atoms with van der Waals surface area (Å²) in [5.41, 5.74) is 4.91. The SMILES string of the molecule is Cn1c(NC(C)(C)CO)nc2nn(Cc3ccc(-c4ccccc4)cc3)c(Cc3ccccc3)c2c1=O. The molecule has 0 unspecified atom stereocenters. The fraction of sp³-hybridized carbons (Fsp3) is 0.233. The molecule has 0 amide bonds. The number of hydrogen-bond donors (Lipinski definition) is 2. The molecule has 0 aliphatic heterocycles. The number of aromatic nitrogens is 4. The van der Waals surface area contributed by atoms with Crippen molar-refractivity contribution in [2.24, 2.45) is 7.05 Å². The Kier molecular flexibility index (Phi) is 6.63. The van der Waals surface area contributed by atoms with Gasteiger partial charge in [-0.25, -0.2) is 0 Å². The molecule has 0 saturated heterocycles. The zero-order chi connectivity index (χ0) is 26.0. The summed E-state index contributed by atoms with van der Waals surface area (Å²) in [4.78, 5) is 18.3. The monoisotopic (exact) mass is 493 g/mol. The number of anilines is 1. The summed E-state index contributed by atoms with van der Waals surface area (Å²) in [5, 5.41) is 18.2. The molecule has 2 heterocycles. The van der Waals surface area contributed by atoms with Crippen LogP contribution in [0.5, 0.6) is 0 Å². The number of fused-ring (bicyclic) bond motifs is 1. The van der Waals surface area contributed by atoms with Crippen LogP contribution in [0.2, 0.25) is 0 Å². The summed E-state index contributed by atoms with van der Waals surface area (Å²) in [6.45, 7) is 4.11. The van der Waals surface area contributed by atoms with E-state index in [1.807, 2.05) is 54.9 Å². The van der Waals surface area contributed by atoms with E-state index >= 15 is 0 Å². The van der Waals surface area contributed by atoms with E-state index in [0.29, 0.717) is 29.9 Å². The number of nitrogens with one attached hydrogen (secondary N) is 1. The second kappa shape index (κ2) is 10.0. The second-order valence-electron chi connectivity index (χ2n) is 9.99. The largest absolute Gasteiger partial charge is 0.394 e. The number of rotatable bonds is 8. The average molecular weight is 494 g/mol. The van der Waals surface area contributed by atoms with Crippen molar-refractivity contribution in [3.05, 3.63) is 112 Å². The van der Waals surface area contributed by atoms with Crippen molar-refractivity contribution < 1.29 is 5.11 Å². The van der Waals surface area contributed by atoms with Gasteiger partial charge >= 0.3 is 0 Å². The summed E-state index contributed by atoms with van der Waals surface area (Å²) in [7, 11) is 1.69. The molecule has 0 aliphatic rings. The van der Waals surface area contributed by atoms with Crippen LogP contribution < -0.4 is 10.9 Å². The molecular formula is C30H31N5O2. The standard InChI is InChI=1S/C30H31N5O2/c1-30(2,20-36)32-29-31-27-26(28(37)34(29)3)25(18-21-10-6-4-7-11-21)35(33-27)19-22-14-16-24(17-15-22)23-12-8-5-9-13-23/h4-17,36H,18-20H2,1-3H3,(H,31,32,33). The van der Waals surface area contributed by atoms with Crippen molar-refractivity contribution >= 4 is 17.0 Å². The minimum absolute atomic E-state index is 0.104. The zero-order valence-corrected chi connectivity index (χ0v) is 21.3. The summed E-state index contributed by atoms with van der Waals surface area (Å²) >= 11 is 0. The quantitative estimate of drug-likeness (QED) is 0.330. The van der Waals surface area contributed by atoms with Gasteiger partial charge < -0.3 is 10.4 Å². The van der Waals surface area contributed by atoms with E-state index in [0.717, 1.165) is 22.4 Å². The maximum absolute atomic E-state index is 13.6. The van der Waals surface area contributed by atoms with E-state index in [1.54, 1.807) is 7.05 Å². The molecule has 7 heteroatoms. The van der Waals surface area contributed by atoms with Gasteiger partial charge in [-0.1, -0.05) is 84.9 Å². The van der Waals surface area contributed by atoms with Crippen LogP contribution in [-0.2, 0) is 20.0 Å². The topological polar surface area (TPSA) is 85.0 Å². The van der Waals surface area contributed by atoms with Crippen LogP contribution in [-0.4, -0.2) is 36.6 Å². The highest BCUT2D eigenvalue weighted by Gasteiger charge is 2.23. The third kappa shape index (κ3) is 5.17. The van der Waals surface area contributed by atoms with E-state index in [-0.39, 0.29) is 12.2 Å². The number of hydrogen-bond acceptors (Lipinski definition) is 5. The first-order valence-electron chi connectivity index (χ1n) is 12.4. The van der Waals surface area contributed by atoms with E-state index in [9.17, 15) is 9.90 Å². The third-order valence-electron chi connectivity index (χ3n) is 6.54. The van der Waals surface area contributed by atoms with Crippen LogP contribution in [0.15, 0.2) is 89.7 Å². The lowest BCUT2D eigenvalue weighted by molar-refractivity contribution is 0.233. The van der Waals surface area contributed by atoms with E-state index in [1.165, 1.54) is 10.1 Å². The van der Waals surface area contributed by atoms with Gasteiger partial charge in [0.1, 0.15) is 5.39 Å². The molecular weight excluding hydrogens is 462 g/mol. The molecule has 0 aliphatic carbocycles. The van der Waals surface area contributed by atoms with Gasteiger partial charge in [-0.3, -0.25) is 14.0 Å². The number of aliphatic hydroxyl groups is 1. The number of aliphatic hydroxyl groups excluding tert-OH is 1. The second-order valence-corrected chi connectivity index (χ2v) is 9.99. The Morgan fingerprint density at radius 3 is 2.14 bits per heavy atom. The van der Waals surface area contributed by atoms with E-state index in [4.69, 9.17) is 10.1 Å². The van der Waals surface area contributed by atoms with Crippen molar-refractivity contribution in [3.63, 3.8) is 0 Å². The summed E-state index contributed by atoms with van der Waals surface area (Å²) < 4.78 is 3.39. The molecule has 0 bridgehead atoms. The first kappa shape index (κ1) is 24.5. The minimum atomic E-state index is -0.638. The number of benzene rings is 3. The van der Waals surface area contributed by atoms with Crippen LogP contribution in [0.1, 0.15) is 30.7 Å². The maximum atomic E-state index is 13.6. The molecule has 5 rings (SSSR count). The molecule has 0 atom stereocenters. The van der Waals surface area contributed by atoms with Gasteiger partial charge in [0.05, 0.1) is 24.4 Å². The minimum Gasteiger partial charge on any atom is -0.394 e. The molecule has 0 fully saturated rings. The Labute approximate surface area is 216 Å². The van der Waals surface area contributed by atoms with Crippen molar-refractivity contribution in [3.8, 4) is 11.1 Å². The Bertz CT molecular complexity index is 1570.